The van der Waals surface area contributed by atoms with E-state index in [0.29, 0.717) is 12.0 Å². The number of hydrogen-bond acceptors (Lipinski definition) is 4. The largest absolute Gasteiger partial charge is 0.459 e. The molecule has 0 saturated carbocycles. The quantitative estimate of drug-likeness (QED) is 0.125. The second-order valence-electron chi connectivity index (χ2n) is 11.5. The molecule has 5 nitrogen and oxygen atoms in total. The highest BCUT2D eigenvalue weighted by molar-refractivity contribution is 6.76. The van der Waals surface area contributed by atoms with Crippen molar-refractivity contribution >= 4 is 20.3 Å². The Hall–Kier alpha value is -2.41. The van der Waals surface area contributed by atoms with E-state index in [0.717, 1.165) is 10.5 Å². The number of allylic oxidation sites excluding steroid dienone is 1. The molecule has 1 saturated heterocycles. The van der Waals surface area contributed by atoms with Gasteiger partial charge in [-0.2, -0.15) is 30.7 Å². The van der Waals surface area contributed by atoms with Gasteiger partial charge in [-0.3, -0.25) is 4.79 Å². The van der Waals surface area contributed by atoms with E-state index in [9.17, 15) is 40.3 Å². The van der Waals surface area contributed by atoms with E-state index >= 15 is 0 Å². The van der Waals surface area contributed by atoms with Crippen LogP contribution in [0.4, 0.5) is 35.5 Å². The van der Waals surface area contributed by atoms with Gasteiger partial charge >= 0.3 is 24.1 Å². The van der Waals surface area contributed by atoms with Crippen molar-refractivity contribution in [3.63, 3.8) is 0 Å². The molecule has 0 unspecified atom stereocenters. The number of alkyl halides is 7. The fourth-order valence-corrected chi connectivity index (χ4v) is 10.1. The maximum absolute atomic E-state index is 14.4. The Balaban J connectivity index is 2.43. The van der Waals surface area contributed by atoms with Crippen LogP contribution in [0, 0.1) is 5.92 Å². The van der Waals surface area contributed by atoms with Gasteiger partial charge in [0.15, 0.2) is 8.32 Å². The molecule has 1 aromatic carbocycles. The minimum absolute atomic E-state index is 0.0283. The van der Waals surface area contributed by atoms with Crippen LogP contribution in [0.3, 0.4) is 0 Å². The van der Waals surface area contributed by atoms with Crippen LogP contribution in [0.25, 0.3) is 0 Å². The highest BCUT2D eigenvalue weighted by atomic mass is 28.4. The summed E-state index contributed by atoms with van der Waals surface area (Å²) in [5, 5.41) is 0. The number of ether oxygens (including phenoxy) is 1. The molecular formula is C29H40F7NO4Si. The van der Waals surface area contributed by atoms with Gasteiger partial charge in [0.2, 0.25) is 5.91 Å². The zero-order valence-electron chi connectivity index (χ0n) is 24.9. The van der Waals surface area contributed by atoms with Crippen molar-refractivity contribution in [3.05, 3.63) is 47.5 Å². The van der Waals surface area contributed by atoms with Crippen molar-refractivity contribution in [2.75, 3.05) is 6.61 Å². The van der Waals surface area contributed by atoms with Gasteiger partial charge in [-0.15, -0.1) is 0 Å². The monoisotopic (exact) mass is 627 g/mol. The van der Waals surface area contributed by atoms with E-state index in [4.69, 9.17) is 9.16 Å². The SMILES string of the molecule is C/C=C(\C)[C@H](O[Si](CCC(F)(F)C(F)(F)C(F)(F)F)(C(C)C)C(C)C)[C@@H](C)C(=O)N1C(=O)OC[C@@H]1Cc1ccccc1. The van der Waals surface area contributed by atoms with Crippen molar-refractivity contribution in [1.82, 2.24) is 4.90 Å². The summed E-state index contributed by atoms with van der Waals surface area (Å²) in [6.45, 7) is 11.4. The van der Waals surface area contributed by atoms with Gasteiger partial charge in [-0.05, 0) is 48.5 Å². The number of carbonyl (C=O) groups excluding carboxylic acids is 2. The molecule has 0 radical (unpaired) electrons. The zero-order valence-corrected chi connectivity index (χ0v) is 25.9. The van der Waals surface area contributed by atoms with Crippen molar-refractivity contribution in [2.24, 2.45) is 5.92 Å². The average Bonchev–Trinajstić information content (AvgIpc) is 3.26. The Morgan fingerprint density at radius 1 is 1.05 bits per heavy atom. The number of halogens is 7. The van der Waals surface area contributed by atoms with Crippen LogP contribution in [-0.4, -0.2) is 62.0 Å². The second kappa shape index (κ2) is 13.5. The molecule has 1 heterocycles. The Morgan fingerprint density at radius 3 is 2.07 bits per heavy atom. The van der Waals surface area contributed by atoms with E-state index in [1.807, 2.05) is 30.3 Å². The van der Waals surface area contributed by atoms with Gasteiger partial charge in [0.05, 0.1) is 18.1 Å². The maximum Gasteiger partial charge on any atom is 0.459 e. The molecule has 238 valence electrons. The summed E-state index contributed by atoms with van der Waals surface area (Å²) in [6, 6.07) is 7.82. The van der Waals surface area contributed by atoms with Crippen LogP contribution in [0.2, 0.25) is 17.1 Å². The summed E-state index contributed by atoms with van der Waals surface area (Å²) < 4.78 is 107. The Morgan fingerprint density at radius 2 is 1.60 bits per heavy atom. The first kappa shape index (κ1) is 35.8. The van der Waals surface area contributed by atoms with Crippen LogP contribution < -0.4 is 0 Å². The third-order valence-electron chi connectivity index (χ3n) is 8.21. The molecule has 1 aliphatic rings. The minimum atomic E-state index is -6.43. The lowest BCUT2D eigenvalue weighted by Crippen LogP contribution is -2.55. The Labute approximate surface area is 243 Å². The van der Waals surface area contributed by atoms with Gasteiger partial charge in [0.1, 0.15) is 6.61 Å². The lowest BCUT2D eigenvalue weighted by Gasteiger charge is -2.44. The number of cyclic esters (lactones) is 1. The Kier molecular flexibility index (Phi) is 11.5. The summed E-state index contributed by atoms with van der Waals surface area (Å²) in [7, 11) is -3.59. The first-order chi connectivity index (χ1) is 19.2. The molecule has 42 heavy (non-hydrogen) atoms. The second-order valence-corrected chi connectivity index (χ2v) is 16.5. The predicted molar refractivity (Wildman–Crippen MR) is 147 cm³/mol. The van der Waals surface area contributed by atoms with Crippen LogP contribution in [-0.2, 0) is 20.4 Å². The smallest absolute Gasteiger partial charge is 0.447 e. The molecule has 13 heteroatoms. The number of rotatable bonds is 13. The molecule has 0 spiro atoms. The fraction of sp³-hybridized carbons (Fsp3) is 0.655. The lowest BCUT2D eigenvalue weighted by molar-refractivity contribution is -0.354. The fourth-order valence-electron chi connectivity index (χ4n) is 5.40. The van der Waals surface area contributed by atoms with E-state index in [1.54, 1.807) is 47.6 Å². The van der Waals surface area contributed by atoms with E-state index < -0.39 is 80.0 Å². The first-order valence-corrected chi connectivity index (χ1v) is 16.2. The average molecular weight is 628 g/mol. The molecule has 0 N–H and O–H groups in total. The molecule has 2 amide bonds. The van der Waals surface area contributed by atoms with E-state index in [-0.39, 0.29) is 6.61 Å². The molecular weight excluding hydrogens is 587 g/mol. The third-order valence-corrected chi connectivity index (χ3v) is 13.8. The molecule has 1 fully saturated rings. The summed E-state index contributed by atoms with van der Waals surface area (Å²) in [4.78, 5) is 27.5. The molecule has 0 aliphatic carbocycles. The highest BCUT2D eigenvalue weighted by Gasteiger charge is 2.72. The number of nitrogens with zero attached hydrogens (tertiary/aromatic N) is 1. The van der Waals surface area contributed by atoms with Crippen LogP contribution in [0.15, 0.2) is 42.0 Å². The maximum atomic E-state index is 14.4. The topological polar surface area (TPSA) is 55.8 Å². The standard InChI is InChI=1S/C29H40F7NO4Si/c1-8-20(6)24(21(7)25(38)37-23(17-40-26(37)39)16-22-12-10-9-11-13-22)41-42(18(2)3,19(4)5)15-14-27(30,31)28(32,33)29(34,35)36/h8-13,18-19,21,23-24H,14-17H2,1-7H3/b20-8+/t21-,23+,24+/m1/s1. The number of imide groups is 1. The third kappa shape index (κ3) is 7.38. The van der Waals surface area contributed by atoms with Gasteiger partial charge in [0.25, 0.3) is 0 Å². The predicted octanol–water partition coefficient (Wildman–Crippen LogP) is 8.55. The summed E-state index contributed by atoms with van der Waals surface area (Å²) in [5.74, 6) is -13.3. The molecule has 0 bridgehead atoms. The number of carbonyl (C=O) groups is 2. The minimum Gasteiger partial charge on any atom is -0.447 e. The zero-order chi connectivity index (χ0) is 32.3. The van der Waals surface area contributed by atoms with Gasteiger partial charge in [-0.1, -0.05) is 71.0 Å². The van der Waals surface area contributed by atoms with Crippen molar-refractivity contribution in [1.29, 1.82) is 0 Å². The van der Waals surface area contributed by atoms with Gasteiger partial charge < -0.3 is 9.16 Å². The number of amides is 2. The Bertz CT molecular complexity index is 1100. The molecule has 1 aromatic rings. The van der Waals surface area contributed by atoms with Crippen molar-refractivity contribution < 1.29 is 49.5 Å². The van der Waals surface area contributed by atoms with Crippen LogP contribution in [0.1, 0.15) is 60.5 Å². The number of hydrogen-bond donors (Lipinski definition) is 0. The molecule has 2 rings (SSSR count). The normalized spacial score (nSPS) is 19.0. The van der Waals surface area contributed by atoms with Crippen LogP contribution in [0.5, 0.6) is 0 Å². The van der Waals surface area contributed by atoms with Gasteiger partial charge in [-0.25, -0.2) is 9.69 Å². The summed E-state index contributed by atoms with van der Waals surface area (Å²) in [5.41, 5.74) is 0.398. The van der Waals surface area contributed by atoms with Crippen LogP contribution >= 0.6 is 0 Å². The molecule has 1 aliphatic heterocycles. The van der Waals surface area contributed by atoms with E-state index in [1.165, 1.54) is 6.92 Å². The summed E-state index contributed by atoms with van der Waals surface area (Å²) >= 11 is 0. The van der Waals surface area contributed by atoms with Crippen molar-refractivity contribution in [3.8, 4) is 0 Å². The van der Waals surface area contributed by atoms with Gasteiger partial charge in [0, 0.05) is 6.42 Å². The van der Waals surface area contributed by atoms with Crippen molar-refractivity contribution in [2.45, 2.75) is 109 Å². The number of benzene rings is 1. The van der Waals surface area contributed by atoms with E-state index in [2.05, 4.69) is 0 Å². The molecule has 3 atom stereocenters. The lowest BCUT2D eigenvalue weighted by atomic mass is 9.95. The summed E-state index contributed by atoms with van der Waals surface area (Å²) in [6.07, 6.45) is -8.09. The first-order valence-electron chi connectivity index (χ1n) is 13.9. The highest BCUT2D eigenvalue weighted by Crippen LogP contribution is 2.51. The molecule has 0 aromatic heterocycles.